The van der Waals surface area contributed by atoms with Gasteiger partial charge >= 0.3 is 0 Å². The largest absolute Gasteiger partial charge is 0.494 e. The maximum atomic E-state index is 12.3. The molecule has 0 spiro atoms. The molecular formula is C25H31FO. The van der Waals surface area contributed by atoms with E-state index in [0.29, 0.717) is 18.2 Å². The third-order valence-electron chi connectivity index (χ3n) is 5.70. The van der Waals surface area contributed by atoms with E-state index in [1.165, 1.54) is 29.5 Å². The van der Waals surface area contributed by atoms with Gasteiger partial charge in [-0.1, -0.05) is 62.2 Å². The van der Waals surface area contributed by atoms with Crippen molar-refractivity contribution in [3.8, 4) is 16.9 Å². The van der Waals surface area contributed by atoms with Crippen LogP contribution in [0.15, 0.2) is 60.9 Å². The van der Waals surface area contributed by atoms with E-state index in [0.717, 1.165) is 44.5 Å². The first-order valence-electron chi connectivity index (χ1n) is 10.4. The Balaban J connectivity index is 1.55. The van der Waals surface area contributed by atoms with Crippen molar-refractivity contribution in [2.45, 2.75) is 57.8 Å². The van der Waals surface area contributed by atoms with Crippen molar-refractivity contribution in [1.82, 2.24) is 0 Å². The van der Waals surface area contributed by atoms with E-state index in [-0.39, 0.29) is 0 Å². The van der Waals surface area contributed by atoms with Gasteiger partial charge in [0.15, 0.2) is 0 Å². The fourth-order valence-electron chi connectivity index (χ4n) is 3.98. The number of ether oxygens (including phenoxy) is 1. The Morgan fingerprint density at radius 1 is 0.889 bits per heavy atom. The lowest BCUT2D eigenvalue weighted by Crippen LogP contribution is -2.11. The molecule has 2 heteroatoms. The fourth-order valence-corrected chi connectivity index (χ4v) is 3.98. The van der Waals surface area contributed by atoms with E-state index in [1.54, 1.807) is 6.08 Å². The molecule has 0 amide bonds. The number of unbranched alkanes of at least 4 members (excludes halogenated alkanes) is 2. The van der Waals surface area contributed by atoms with E-state index in [1.807, 2.05) is 0 Å². The molecule has 0 N–H and O–H groups in total. The van der Waals surface area contributed by atoms with E-state index >= 15 is 0 Å². The summed E-state index contributed by atoms with van der Waals surface area (Å²) in [5.41, 5.74) is 3.88. The molecule has 0 heterocycles. The van der Waals surface area contributed by atoms with Gasteiger partial charge in [0.2, 0.25) is 0 Å². The molecule has 2 aromatic carbocycles. The number of hydrogen-bond donors (Lipinski definition) is 0. The summed E-state index contributed by atoms with van der Waals surface area (Å²) in [7, 11) is 0. The molecule has 1 aliphatic rings. The molecule has 3 rings (SSSR count). The molecule has 0 aliphatic heterocycles. The van der Waals surface area contributed by atoms with Gasteiger partial charge < -0.3 is 4.74 Å². The van der Waals surface area contributed by atoms with E-state index in [9.17, 15) is 4.39 Å². The molecule has 1 nitrogen and oxygen atoms in total. The van der Waals surface area contributed by atoms with Crippen LogP contribution in [0.25, 0.3) is 11.1 Å². The summed E-state index contributed by atoms with van der Waals surface area (Å²) < 4.78 is 18.1. The lowest BCUT2D eigenvalue weighted by Gasteiger charge is -2.27. The van der Waals surface area contributed by atoms with Crippen LogP contribution in [0.1, 0.15) is 63.4 Å². The summed E-state index contributed by atoms with van der Waals surface area (Å²) in [6, 6.07) is 17.4. The second kappa shape index (κ2) is 10.3. The summed E-state index contributed by atoms with van der Waals surface area (Å²) >= 11 is 0. The molecule has 0 aromatic heterocycles. The summed E-state index contributed by atoms with van der Waals surface area (Å²) in [5.74, 6) is 1.99. The molecule has 0 bridgehead atoms. The first-order valence-corrected chi connectivity index (χ1v) is 10.4. The molecule has 1 saturated carbocycles. The summed E-state index contributed by atoms with van der Waals surface area (Å²) in [6.07, 6.45) is 10.5. The van der Waals surface area contributed by atoms with Crippen LogP contribution in [-0.4, -0.2) is 6.61 Å². The van der Waals surface area contributed by atoms with Crippen LogP contribution in [0.2, 0.25) is 0 Å². The lowest BCUT2D eigenvalue weighted by molar-refractivity contribution is 0.306. The molecule has 1 fully saturated rings. The molecule has 0 saturated heterocycles. The highest BCUT2D eigenvalue weighted by Crippen LogP contribution is 2.37. The van der Waals surface area contributed by atoms with E-state index in [4.69, 9.17) is 4.74 Å². The Labute approximate surface area is 163 Å². The van der Waals surface area contributed by atoms with Gasteiger partial charge in [-0.2, -0.15) is 0 Å². The van der Waals surface area contributed by atoms with Crippen LogP contribution in [0.3, 0.4) is 0 Å². The standard InChI is InChI=1S/C25H31FO/c1-2-3-4-19-27-25-15-13-24(14-16-25)23-11-9-22(10-12-23)21-7-5-20(6-8-21)17-18-26/h9-18,20-21H,2-8,19H2,1H3/b18-17+. The minimum absolute atomic E-state index is 0.424. The van der Waals surface area contributed by atoms with Crippen molar-refractivity contribution in [2.24, 2.45) is 5.92 Å². The highest BCUT2D eigenvalue weighted by Gasteiger charge is 2.20. The number of allylic oxidation sites excluding steroid dienone is 1. The molecule has 0 unspecified atom stereocenters. The number of hydrogen-bond acceptors (Lipinski definition) is 1. The number of halogens is 1. The third-order valence-corrected chi connectivity index (χ3v) is 5.70. The Bertz CT molecular complexity index is 694. The maximum absolute atomic E-state index is 12.3. The van der Waals surface area contributed by atoms with E-state index in [2.05, 4.69) is 55.5 Å². The van der Waals surface area contributed by atoms with Gasteiger partial charge in [0.1, 0.15) is 5.75 Å². The van der Waals surface area contributed by atoms with Gasteiger partial charge in [0.25, 0.3) is 0 Å². The Morgan fingerprint density at radius 3 is 2.11 bits per heavy atom. The summed E-state index contributed by atoms with van der Waals surface area (Å²) in [6.45, 7) is 3.00. The van der Waals surface area contributed by atoms with Gasteiger partial charge in [-0.3, -0.25) is 0 Å². The third kappa shape index (κ3) is 5.69. The van der Waals surface area contributed by atoms with Crippen molar-refractivity contribution in [2.75, 3.05) is 6.61 Å². The van der Waals surface area contributed by atoms with Gasteiger partial charge in [0.05, 0.1) is 12.9 Å². The van der Waals surface area contributed by atoms with Gasteiger partial charge in [0, 0.05) is 0 Å². The minimum Gasteiger partial charge on any atom is -0.494 e. The predicted octanol–water partition coefficient (Wildman–Crippen LogP) is 7.68. The second-order valence-electron chi connectivity index (χ2n) is 7.63. The van der Waals surface area contributed by atoms with Crippen molar-refractivity contribution in [3.05, 3.63) is 66.5 Å². The maximum Gasteiger partial charge on any atom is 0.119 e. The van der Waals surface area contributed by atoms with Gasteiger partial charge in [-0.25, -0.2) is 4.39 Å². The quantitative estimate of drug-likeness (QED) is 0.435. The van der Waals surface area contributed by atoms with Gasteiger partial charge in [-0.05, 0) is 72.8 Å². The average Bonchev–Trinajstić information content (AvgIpc) is 2.73. The summed E-state index contributed by atoms with van der Waals surface area (Å²) in [4.78, 5) is 0. The Morgan fingerprint density at radius 2 is 1.52 bits per heavy atom. The SMILES string of the molecule is CCCCCOc1ccc(-c2ccc(C3CCC(/C=C/F)CC3)cc2)cc1. The monoisotopic (exact) mass is 366 g/mol. The van der Waals surface area contributed by atoms with Crippen LogP contribution in [0, 0.1) is 5.92 Å². The van der Waals surface area contributed by atoms with Gasteiger partial charge in [-0.15, -0.1) is 0 Å². The minimum atomic E-state index is 0.424. The van der Waals surface area contributed by atoms with Crippen LogP contribution < -0.4 is 4.74 Å². The highest BCUT2D eigenvalue weighted by atomic mass is 19.1. The zero-order chi connectivity index (χ0) is 18.9. The van der Waals surface area contributed by atoms with Crippen LogP contribution in [0.5, 0.6) is 5.75 Å². The Hall–Kier alpha value is -2.09. The second-order valence-corrected chi connectivity index (χ2v) is 7.63. The molecule has 27 heavy (non-hydrogen) atoms. The van der Waals surface area contributed by atoms with Crippen molar-refractivity contribution >= 4 is 0 Å². The smallest absolute Gasteiger partial charge is 0.119 e. The van der Waals surface area contributed by atoms with E-state index < -0.39 is 0 Å². The lowest BCUT2D eigenvalue weighted by atomic mass is 9.78. The highest BCUT2D eigenvalue weighted by molar-refractivity contribution is 5.64. The molecule has 0 radical (unpaired) electrons. The number of benzene rings is 2. The number of rotatable bonds is 8. The van der Waals surface area contributed by atoms with Crippen molar-refractivity contribution in [1.29, 1.82) is 0 Å². The zero-order valence-corrected chi connectivity index (χ0v) is 16.4. The molecule has 2 aromatic rings. The summed E-state index contributed by atoms with van der Waals surface area (Å²) in [5, 5.41) is 0. The van der Waals surface area contributed by atoms with Crippen molar-refractivity contribution in [3.63, 3.8) is 0 Å². The Kier molecular flexibility index (Phi) is 7.50. The predicted molar refractivity (Wildman–Crippen MR) is 112 cm³/mol. The first-order chi connectivity index (χ1) is 13.3. The van der Waals surface area contributed by atoms with Crippen LogP contribution >= 0.6 is 0 Å². The van der Waals surface area contributed by atoms with Crippen LogP contribution in [-0.2, 0) is 0 Å². The molecule has 0 atom stereocenters. The molecule has 144 valence electrons. The fraction of sp³-hybridized carbons (Fsp3) is 0.440. The molecule has 1 aliphatic carbocycles. The average molecular weight is 367 g/mol. The molecular weight excluding hydrogens is 335 g/mol. The normalized spacial score (nSPS) is 20.1. The van der Waals surface area contributed by atoms with Crippen LogP contribution in [0.4, 0.5) is 4.39 Å². The zero-order valence-electron chi connectivity index (χ0n) is 16.4. The van der Waals surface area contributed by atoms with Crippen molar-refractivity contribution < 1.29 is 9.13 Å². The topological polar surface area (TPSA) is 9.23 Å². The first kappa shape index (κ1) is 19.7.